The third-order valence-corrected chi connectivity index (χ3v) is 4.82. The summed E-state index contributed by atoms with van der Waals surface area (Å²) in [6.07, 6.45) is -4.80. The van der Waals surface area contributed by atoms with Gasteiger partial charge in [0.25, 0.3) is 0 Å². The second-order valence-corrected chi connectivity index (χ2v) is 6.89. The molecule has 0 N–H and O–H groups in total. The number of nitrogens with zero attached hydrogens (tertiary/aromatic N) is 6. The van der Waals surface area contributed by atoms with Crippen molar-refractivity contribution in [3.8, 4) is 11.3 Å². The summed E-state index contributed by atoms with van der Waals surface area (Å²) < 4.78 is 83.7. The van der Waals surface area contributed by atoms with Gasteiger partial charge in [0.1, 0.15) is 11.6 Å². The number of ketones is 1. The first-order chi connectivity index (χ1) is 18.9. The van der Waals surface area contributed by atoms with Crippen LogP contribution in [-0.2, 0) is 13.5 Å². The highest BCUT2D eigenvalue weighted by Crippen LogP contribution is 2.23. The van der Waals surface area contributed by atoms with E-state index in [-0.39, 0.29) is 22.7 Å². The first-order valence-corrected chi connectivity index (χ1v) is 9.45. The fraction of sp³-hybridized carbons (Fsp3) is 0.292. The van der Waals surface area contributed by atoms with Gasteiger partial charge in [0.05, 0.1) is 30.2 Å². The van der Waals surface area contributed by atoms with Crippen molar-refractivity contribution in [2.75, 3.05) is 17.9 Å². The minimum Gasteiger partial charge on any atom is -0.357 e. The van der Waals surface area contributed by atoms with Crippen LogP contribution in [0, 0.1) is 0 Å². The van der Waals surface area contributed by atoms with Crippen molar-refractivity contribution >= 4 is 22.5 Å². The lowest BCUT2D eigenvalue weighted by Gasteiger charge is -2.27. The first kappa shape index (κ1) is 11.1. The third-order valence-electron chi connectivity index (χ3n) is 4.82. The molecule has 0 spiro atoms. The van der Waals surface area contributed by atoms with Crippen LogP contribution in [0.3, 0.4) is 0 Å². The molecular formula is C24H24N6O. The number of fused-ring (bicyclic) bond motifs is 1. The Morgan fingerprint density at radius 1 is 1.10 bits per heavy atom. The molecule has 0 saturated carbocycles. The molecule has 1 fully saturated rings. The van der Waals surface area contributed by atoms with Crippen LogP contribution in [0.25, 0.3) is 22.2 Å². The van der Waals surface area contributed by atoms with Gasteiger partial charge in [-0.3, -0.25) is 4.79 Å². The van der Waals surface area contributed by atoms with E-state index >= 15 is 0 Å². The van der Waals surface area contributed by atoms with Crippen LogP contribution in [0.5, 0.6) is 0 Å². The molecule has 7 heteroatoms. The maximum absolute atomic E-state index is 13.2. The Balaban J connectivity index is 1.48. The second-order valence-electron chi connectivity index (χ2n) is 6.89. The summed E-state index contributed by atoms with van der Waals surface area (Å²) in [5.41, 5.74) is 2.27. The number of aromatic nitrogens is 5. The minimum absolute atomic E-state index is 0.0522. The highest BCUT2D eigenvalue weighted by molar-refractivity contribution is 5.98. The molecule has 1 aromatic carbocycles. The number of piperidine rings is 1. The van der Waals surface area contributed by atoms with Gasteiger partial charge in [-0.15, -0.1) is 0 Å². The number of hydrogen-bond acceptors (Lipinski definition) is 6. The smallest absolute Gasteiger partial charge is 0.170 e. The van der Waals surface area contributed by atoms with Crippen molar-refractivity contribution < 1.29 is 18.5 Å². The normalized spacial score (nSPS) is 27.1. The van der Waals surface area contributed by atoms with E-state index < -0.39 is 43.7 Å². The zero-order valence-electron chi connectivity index (χ0n) is 26.5. The highest BCUT2D eigenvalue weighted by atomic mass is 16.1. The van der Waals surface area contributed by atoms with Crippen molar-refractivity contribution in [1.82, 2.24) is 24.5 Å². The molecule has 0 aliphatic carbocycles. The summed E-state index contributed by atoms with van der Waals surface area (Å²) in [5, 5.41) is 0.747. The topological polar surface area (TPSA) is 76.8 Å². The van der Waals surface area contributed by atoms with Gasteiger partial charge < -0.3 is 9.47 Å². The van der Waals surface area contributed by atoms with Gasteiger partial charge in [-0.25, -0.2) is 19.9 Å². The molecule has 0 unspecified atom stereocenters. The highest BCUT2D eigenvalue weighted by Gasteiger charge is 2.16. The summed E-state index contributed by atoms with van der Waals surface area (Å²) in [6.45, 7) is -6.79. The number of Topliss-reactive ketones (excluding diaryl/α,β-unsaturated/α-hetero) is 1. The lowest BCUT2D eigenvalue weighted by atomic mass is 10.1. The molecule has 0 radical (unpaired) electrons. The molecule has 4 aromatic rings. The van der Waals surface area contributed by atoms with E-state index in [0.29, 0.717) is 5.52 Å². The average Bonchev–Trinajstić information content (AvgIpc) is 3.33. The van der Waals surface area contributed by atoms with Gasteiger partial charge in [-0.2, -0.15) is 0 Å². The lowest BCUT2D eigenvalue weighted by Crippen LogP contribution is -2.30. The van der Waals surface area contributed by atoms with E-state index in [1.54, 1.807) is 18.7 Å². The summed E-state index contributed by atoms with van der Waals surface area (Å²) in [6, 6.07) is 7.91. The predicted octanol–water partition coefficient (Wildman–Crippen LogP) is 3.84. The van der Waals surface area contributed by atoms with Gasteiger partial charge in [0, 0.05) is 62.7 Å². The van der Waals surface area contributed by atoms with Crippen molar-refractivity contribution in [2.45, 2.75) is 25.5 Å². The van der Waals surface area contributed by atoms with E-state index in [9.17, 15) is 4.79 Å². The van der Waals surface area contributed by atoms with Crippen molar-refractivity contribution in [3.05, 3.63) is 66.6 Å². The predicted molar refractivity (Wildman–Crippen MR) is 120 cm³/mol. The van der Waals surface area contributed by atoms with Crippen molar-refractivity contribution in [2.24, 2.45) is 7.05 Å². The number of anilines is 1. The molecular weight excluding hydrogens is 388 g/mol. The molecule has 31 heavy (non-hydrogen) atoms. The Kier molecular flexibility index (Phi) is 2.97. The zero-order chi connectivity index (χ0) is 30.2. The zero-order valence-corrected chi connectivity index (χ0v) is 16.5. The summed E-state index contributed by atoms with van der Waals surface area (Å²) >= 11 is 0. The van der Waals surface area contributed by atoms with E-state index in [1.807, 2.05) is 29.8 Å². The Hall–Kier alpha value is -3.61. The average molecular weight is 423 g/mol. The van der Waals surface area contributed by atoms with Gasteiger partial charge in [-0.1, -0.05) is 12.1 Å². The van der Waals surface area contributed by atoms with Crippen LogP contribution in [0.2, 0.25) is 0 Å². The summed E-state index contributed by atoms with van der Waals surface area (Å²) in [4.78, 5) is 30.1. The fourth-order valence-corrected chi connectivity index (χ4v) is 3.24. The molecule has 156 valence electrons. The maximum Gasteiger partial charge on any atom is 0.170 e. The summed E-state index contributed by atoms with van der Waals surface area (Å²) in [7, 11) is 1.86. The van der Waals surface area contributed by atoms with Crippen LogP contribution < -0.4 is 4.90 Å². The van der Waals surface area contributed by atoms with E-state index in [4.69, 9.17) is 13.7 Å². The molecule has 0 amide bonds. The maximum atomic E-state index is 13.2. The fourth-order valence-electron chi connectivity index (χ4n) is 3.24. The van der Waals surface area contributed by atoms with E-state index in [1.165, 1.54) is 6.07 Å². The molecule has 7 nitrogen and oxygen atoms in total. The monoisotopic (exact) mass is 422 g/mol. The second kappa shape index (κ2) is 8.26. The van der Waals surface area contributed by atoms with E-state index in [0.717, 1.165) is 28.9 Å². The minimum atomic E-state index is -3.55. The third kappa shape index (κ3) is 4.03. The quantitative estimate of drug-likeness (QED) is 0.455. The molecule has 1 aliphatic heterocycles. The van der Waals surface area contributed by atoms with Crippen LogP contribution in [0.15, 0.2) is 55.2 Å². The standard InChI is InChI=1S/C24H24N6O/c1-29-16-25-15-21(29)17-5-6-19-14-27-23(28-20(19)11-17)13-22(31)18-7-8-26-24(12-18)30-9-3-2-4-10-30/h5-8,11-12,14-16H,2-4,9-10,13H2,1H3/i2D2,3D2,4D2,9D2,10D2. The number of carbonyl (C=O) groups excluding carboxylic acids is 1. The number of hydrogen-bond donors (Lipinski definition) is 0. The molecule has 0 atom stereocenters. The molecule has 1 aliphatic rings. The van der Waals surface area contributed by atoms with Gasteiger partial charge in [-0.05, 0) is 37.3 Å². The lowest BCUT2D eigenvalue weighted by molar-refractivity contribution is 0.0991. The van der Waals surface area contributed by atoms with Gasteiger partial charge >= 0.3 is 0 Å². The number of rotatable bonds is 5. The van der Waals surface area contributed by atoms with Gasteiger partial charge in [0.15, 0.2) is 5.78 Å². The number of pyridine rings is 1. The van der Waals surface area contributed by atoms with E-state index in [2.05, 4.69) is 19.9 Å². The first-order valence-electron chi connectivity index (χ1n) is 14.5. The van der Waals surface area contributed by atoms with Crippen LogP contribution in [0.4, 0.5) is 5.82 Å². The number of benzene rings is 1. The number of aryl methyl sites for hydroxylation is 1. The molecule has 1 saturated heterocycles. The van der Waals surface area contributed by atoms with Crippen LogP contribution >= 0.6 is 0 Å². The van der Waals surface area contributed by atoms with Gasteiger partial charge in [0.2, 0.25) is 0 Å². The Morgan fingerprint density at radius 3 is 2.77 bits per heavy atom. The molecule has 4 heterocycles. The Labute approximate surface area is 194 Å². The molecule has 5 rings (SSSR count). The van der Waals surface area contributed by atoms with Crippen LogP contribution in [0.1, 0.15) is 49.0 Å². The molecule has 0 bridgehead atoms. The molecule has 3 aromatic heterocycles. The Bertz CT molecular complexity index is 1640. The summed E-state index contributed by atoms with van der Waals surface area (Å²) in [5.74, 6) is -0.919. The van der Waals surface area contributed by atoms with Crippen molar-refractivity contribution in [1.29, 1.82) is 0 Å². The van der Waals surface area contributed by atoms with Crippen molar-refractivity contribution in [3.63, 3.8) is 0 Å². The Morgan fingerprint density at radius 2 is 1.97 bits per heavy atom. The van der Waals surface area contributed by atoms with Crippen LogP contribution in [-0.4, -0.2) is 43.3 Å². The number of carbonyl (C=O) groups is 1. The SMILES string of the molecule is [2H]C1([2H])N(c2cc(C(=O)Cc3ncc4ccc(-c5cncn5C)cc4n3)ccn2)C([2H])([2H])C([2H])([2H])C([2H])([2H])C1([2H])[2H]. The largest absolute Gasteiger partial charge is 0.357 e. The number of imidazole rings is 1.